The molecule has 0 saturated heterocycles. The molecule has 0 saturated carbocycles. The van der Waals surface area contributed by atoms with Crippen molar-refractivity contribution < 1.29 is 13.9 Å². The molecule has 0 spiro atoms. The Labute approximate surface area is 125 Å². The minimum Gasteiger partial charge on any atom is -0.376 e. The zero-order valence-corrected chi connectivity index (χ0v) is 11.7. The van der Waals surface area contributed by atoms with Crippen LogP contribution in [-0.2, 0) is 17.8 Å². The molecule has 1 amide bonds. The number of nitrogens with zero attached hydrogens (tertiary/aromatic N) is 2. The van der Waals surface area contributed by atoms with E-state index in [-0.39, 0.29) is 10.7 Å². The number of benzene rings is 1. The molecule has 0 fully saturated rings. The number of carbonyl (C=O) groups is 1. The van der Waals surface area contributed by atoms with Gasteiger partial charge in [-0.3, -0.25) is 4.79 Å². The summed E-state index contributed by atoms with van der Waals surface area (Å²) in [7, 11) is 0. The van der Waals surface area contributed by atoms with Crippen molar-refractivity contribution in [3.8, 4) is 0 Å². The van der Waals surface area contributed by atoms with Crippen LogP contribution in [0, 0.1) is 5.82 Å². The molecule has 1 aliphatic heterocycles. The first kappa shape index (κ1) is 13.9. The lowest BCUT2D eigenvalue weighted by molar-refractivity contribution is 0.101. The Balaban J connectivity index is 1.80. The fourth-order valence-corrected chi connectivity index (χ4v) is 2.20. The third kappa shape index (κ3) is 3.01. The third-order valence-corrected chi connectivity index (χ3v) is 3.40. The number of anilines is 1. The van der Waals surface area contributed by atoms with E-state index in [2.05, 4.69) is 15.5 Å². The van der Waals surface area contributed by atoms with Gasteiger partial charge in [0.25, 0.3) is 5.91 Å². The van der Waals surface area contributed by atoms with Crippen molar-refractivity contribution in [2.75, 3.05) is 11.9 Å². The maximum atomic E-state index is 13.1. The molecule has 108 valence electrons. The van der Waals surface area contributed by atoms with Gasteiger partial charge in [0.15, 0.2) is 5.69 Å². The molecule has 7 heteroatoms. The highest BCUT2D eigenvalue weighted by molar-refractivity contribution is 6.31. The van der Waals surface area contributed by atoms with Gasteiger partial charge in [0.1, 0.15) is 5.82 Å². The van der Waals surface area contributed by atoms with Crippen LogP contribution in [0.5, 0.6) is 0 Å². The van der Waals surface area contributed by atoms with E-state index in [0.717, 1.165) is 11.3 Å². The highest BCUT2D eigenvalue weighted by atomic mass is 35.5. The van der Waals surface area contributed by atoms with Gasteiger partial charge in [0.05, 0.1) is 23.9 Å². The number of halogens is 2. The van der Waals surface area contributed by atoms with E-state index < -0.39 is 11.7 Å². The Morgan fingerprint density at radius 3 is 3.00 bits per heavy atom. The fraction of sp³-hybridized carbons (Fsp3) is 0.214. The molecule has 21 heavy (non-hydrogen) atoms. The number of hydrogen-bond acceptors (Lipinski definition) is 4. The summed E-state index contributed by atoms with van der Waals surface area (Å²) in [6, 6.07) is 5.60. The third-order valence-electron chi connectivity index (χ3n) is 3.11. The zero-order chi connectivity index (χ0) is 14.8. The molecule has 2 heterocycles. The van der Waals surface area contributed by atoms with Crippen LogP contribution in [0.15, 0.2) is 24.3 Å². The van der Waals surface area contributed by atoms with Crippen molar-refractivity contribution in [2.45, 2.75) is 13.0 Å². The average molecular weight is 308 g/mol. The van der Waals surface area contributed by atoms with Crippen LogP contribution in [-0.4, -0.2) is 22.7 Å². The summed E-state index contributed by atoms with van der Waals surface area (Å²) in [5.74, 6) is -0.973. The normalized spacial score (nSPS) is 13.6. The van der Waals surface area contributed by atoms with Crippen LogP contribution < -0.4 is 5.32 Å². The van der Waals surface area contributed by atoms with Gasteiger partial charge in [0.2, 0.25) is 0 Å². The fourth-order valence-electron chi connectivity index (χ4n) is 2.02. The monoisotopic (exact) mass is 307 g/mol. The number of nitrogens with one attached hydrogen (secondary N) is 1. The van der Waals surface area contributed by atoms with E-state index in [4.69, 9.17) is 16.3 Å². The molecule has 1 aromatic carbocycles. The van der Waals surface area contributed by atoms with Crippen LogP contribution in [0.1, 0.15) is 21.7 Å². The lowest BCUT2D eigenvalue weighted by Gasteiger charge is -2.15. The maximum Gasteiger partial charge on any atom is 0.276 e. The van der Waals surface area contributed by atoms with Gasteiger partial charge >= 0.3 is 0 Å². The Morgan fingerprint density at radius 2 is 2.19 bits per heavy atom. The summed E-state index contributed by atoms with van der Waals surface area (Å²) in [4.78, 5) is 12.1. The minimum absolute atomic E-state index is 0.0577. The second-order valence-corrected chi connectivity index (χ2v) is 4.99. The molecule has 0 aliphatic carbocycles. The highest BCUT2D eigenvalue weighted by Gasteiger charge is 2.16. The molecule has 3 rings (SSSR count). The van der Waals surface area contributed by atoms with Gasteiger partial charge in [-0.1, -0.05) is 11.6 Å². The van der Waals surface area contributed by atoms with Gasteiger partial charge in [-0.25, -0.2) is 4.39 Å². The van der Waals surface area contributed by atoms with Gasteiger partial charge in [-0.05, 0) is 24.3 Å². The smallest absolute Gasteiger partial charge is 0.276 e. The second-order valence-electron chi connectivity index (χ2n) is 4.59. The largest absolute Gasteiger partial charge is 0.376 e. The molecule has 0 radical (unpaired) electrons. The van der Waals surface area contributed by atoms with E-state index in [0.29, 0.717) is 25.3 Å². The highest BCUT2D eigenvalue weighted by Crippen LogP contribution is 2.20. The lowest BCUT2D eigenvalue weighted by atomic mass is 10.1. The lowest BCUT2D eigenvalue weighted by Crippen LogP contribution is -2.19. The maximum absolute atomic E-state index is 13.1. The Kier molecular flexibility index (Phi) is 3.81. The summed E-state index contributed by atoms with van der Waals surface area (Å²) in [6.45, 7) is 1.04. The molecular formula is C14H11ClFN3O2. The van der Waals surface area contributed by atoms with Crippen LogP contribution in [0.25, 0.3) is 0 Å². The number of hydrogen-bond donors (Lipinski definition) is 1. The second kappa shape index (κ2) is 5.75. The van der Waals surface area contributed by atoms with Gasteiger partial charge in [0, 0.05) is 17.7 Å². The number of ether oxygens (including phenoxy) is 1. The topological polar surface area (TPSA) is 64.1 Å². The summed E-state index contributed by atoms with van der Waals surface area (Å²) in [5.41, 5.74) is 2.28. The number of carbonyl (C=O) groups excluding carboxylic acids is 1. The molecule has 0 atom stereocenters. The Hall–Kier alpha value is -2.05. The Bertz CT molecular complexity index is 709. The van der Waals surface area contributed by atoms with Crippen molar-refractivity contribution >= 4 is 23.2 Å². The molecule has 5 nitrogen and oxygen atoms in total. The molecule has 0 unspecified atom stereocenters. The number of amides is 1. The van der Waals surface area contributed by atoms with Crippen molar-refractivity contribution in [1.82, 2.24) is 10.2 Å². The van der Waals surface area contributed by atoms with Crippen LogP contribution in [0.3, 0.4) is 0 Å². The quantitative estimate of drug-likeness (QED) is 0.926. The summed E-state index contributed by atoms with van der Waals surface area (Å²) in [6.07, 6.45) is 0.692. The Morgan fingerprint density at radius 1 is 1.33 bits per heavy atom. The van der Waals surface area contributed by atoms with Gasteiger partial charge < -0.3 is 10.1 Å². The van der Waals surface area contributed by atoms with Crippen molar-refractivity contribution in [3.63, 3.8) is 0 Å². The predicted molar refractivity (Wildman–Crippen MR) is 74.8 cm³/mol. The molecule has 2 aromatic rings. The SMILES string of the molecule is O=C(Nc1ccc(F)c(Cl)c1)c1cc2c(nn1)CCOC2. The number of rotatable bonds is 2. The first-order valence-electron chi connectivity index (χ1n) is 6.33. The van der Waals surface area contributed by atoms with E-state index in [9.17, 15) is 9.18 Å². The molecule has 1 aromatic heterocycles. The molecule has 1 aliphatic rings. The van der Waals surface area contributed by atoms with Crippen molar-refractivity contribution in [1.29, 1.82) is 0 Å². The summed E-state index contributed by atoms with van der Waals surface area (Å²) < 4.78 is 18.4. The van der Waals surface area contributed by atoms with Crippen LogP contribution in [0.2, 0.25) is 5.02 Å². The van der Waals surface area contributed by atoms with E-state index in [1.165, 1.54) is 18.2 Å². The van der Waals surface area contributed by atoms with Crippen LogP contribution in [0.4, 0.5) is 10.1 Å². The van der Waals surface area contributed by atoms with E-state index in [1.54, 1.807) is 6.07 Å². The van der Waals surface area contributed by atoms with E-state index >= 15 is 0 Å². The predicted octanol–water partition coefficient (Wildman–Crippen LogP) is 2.59. The first-order valence-corrected chi connectivity index (χ1v) is 6.71. The number of fused-ring (bicyclic) bond motifs is 1. The van der Waals surface area contributed by atoms with Crippen molar-refractivity contribution in [2.24, 2.45) is 0 Å². The summed E-state index contributed by atoms with van der Waals surface area (Å²) in [5, 5.41) is 10.5. The molecule has 1 N–H and O–H groups in total. The summed E-state index contributed by atoms with van der Waals surface area (Å²) >= 11 is 5.67. The molecular weight excluding hydrogens is 297 g/mol. The molecule has 0 bridgehead atoms. The van der Waals surface area contributed by atoms with Crippen molar-refractivity contribution in [3.05, 3.63) is 52.1 Å². The van der Waals surface area contributed by atoms with Gasteiger partial charge in [-0.15, -0.1) is 5.10 Å². The zero-order valence-electron chi connectivity index (χ0n) is 10.9. The van der Waals surface area contributed by atoms with E-state index in [1.807, 2.05) is 0 Å². The van der Waals surface area contributed by atoms with Crippen LogP contribution >= 0.6 is 11.6 Å². The number of aromatic nitrogens is 2. The van der Waals surface area contributed by atoms with Gasteiger partial charge in [-0.2, -0.15) is 5.10 Å². The first-order chi connectivity index (χ1) is 10.1. The average Bonchev–Trinajstić information content (AvgIpc) is 2.50. The minimum atomic E-state index is -0.541. The standard InChI is InChI=1S/C14H11ClFN3O2/c15-10-6-9(1-2-11(10)16)17-14(20)13-5-8-7-21-4-3-12(8)18-19-13/h1-2,5-6H,3-4,7H2,(H,17,20).